The van der Waals surface area contributed by atoms with Crippen molar-refractivity contribution in [2.45, 2.75) is 26.2 Å². The highest BCUT2D eigenvalue weighted by Crippen LogP contribution is 2.20. The second kappa shape index (κ2) is 4.75. The Hall–Kier alpha value is -1.55. The molecule has 2 aliphatic heterocycles. The molecule has 2 N–H and O–H groups in total. The summed E-state index contributed by atoms with van der Waals surface area (Å²) in [6.45, 7) is 4.27. The first-order valence-electron chi connectivity index (χ1n) is 6.12. The number of nitrogens with zero attached hydrogens (tertiary/aromatic N) is 1. The minimum absolute atomic E-state index is 0.752. The fourth-order valence-electron chi connectivity index (χ4n) is 2.17. The van der Waals surface area contributed by atoms with E-state index in [1.165, 1.54) is 16.7 Å². The minimum Gasteiger partial charge on any atom is -0.372 e. The zero-order valence-electron chi connectivity index (χ0n) is 9.83. The molecular weight excluding hydrogens is 214 g/mol. The van der Waals surface area contributed by atoms with Crippen LogP contribution in [0.15, 0.2) is 23.2 Å². The molecule has 1 aromatic carbocycles. The molecule has 0 radical (unpaired) electrons. The Morgan fingerprint density at radius 1 is 1.29 bits per heavy atom. The first-order chi connectivity index (χ1) is 8.42. The zero-order valence-corrected chi connectivity index (χ0v) is 9.83. The number of guanidine groups is 1. The monoisotopic (exact) mass is 231 g/mol. The Labute approximate surface area is 101 Å². The van der Waals surface area contributed by atoms with Crippen LogP contribution < -0.4 is 10.6 Å². The van der Waals surface area contributed by atoms with E-state index in [9.17, 15) is 0 Å². The zero-order chi connectivity index (χ0) is 11.5. The number of fused-ring (bicyclic) bond motifs is 1. The van der Waals surface area contributed by atoms with Gasteiger partial charge < -0.3 is 15.4 Å². The molecule has 0 aliphatic carbocycles. The van der Waals surface area contributed by atoms with Gasteiger partial charge in [0.1, 0.15) is 0 Å². The molecule has 0 spiro atoms. The Balaban J connectivity index is 1.63. The van der Waals surface area contributed by atoms with Gasteiger partial charge in [0, 0.05) is 19.6 Å². The number of nitrogens with one attached hydrogen (secondary N) is 2. The van der Waals surface area contributed by atoms with Crippen molar-refractivity contribution < 1.29 is 4.74 Å². The van der Waals surface area contributed by atoms with Gasteiger partial charge in [0.25, 0.3) is 0 Å². The van der Waals surface area contributed by atoms with Crippen molar-refractivity contribution in [2.24, 2.45) is 4.99 Å². The maximum Gasteiger partial charge on any atom is 0.191 e. The molecule has 0 atom stereocenters. The molecule has 0 bridgehead atoms. The summed E-state index contributed by atoms with van der Waals surface area (Å²) < 4.78 is 5.41. The molecule has 17 heavy (non-hydrogen) atoms. The van der Waals surface area contributed by atoms with Crippen LogP contribution in [-0.2, 0) is 24.5 Å². The summed E-state index contributed by atoms with van der Waals surface area (Å²) in [6.07, 6.45) is 1.13. The standard InChI is InChI=1S/C13H17N3O/c1-4-14-13(15-5-1)16-7-10-2-3-11-8-17-9-12(11)6-10/h2-3,6H,1,4-5,7-9H2,(H2,14,15,16). The van der Waals surface area contributed by atoms with Gasteiger partial charge in [-0.15, -0.1) is 0 Å². The normalized spacial score (nSPS) is 18.2. The molecule has 3 rings (SSSR count). The first-order valence-corrected chi connectivity index (χ1v) is 6.12. The van der Waals surface area contributed by atoms with Crippen LogP contribution in [0.3, 0.4) is 0 Å². The van der Waals surface area contributed by atoms with Gasteiger partial charge in [0.05, 0.1) is 13.2 Å². The van der Waals surface area contributed by atoms with Crippen molar-refractivity contribution in [3.8, 4) is 0 Å². The van der Waals surface area contributed by atoms with Crippen molar-refractivity contribution in [3.63, 3.8) is 0 Å². The highest BCUT2D eigenvalue weighted by Gasteiger charge is 2.11. The highest BCUT2D eigenvalue weighted by atomic mass is 16.5. The third-order valence-electron chi connectivity index (χ3n) is 3.14. The lowest BCUT2D eigenvalue weighted by atomic mass is 10.1. The molecule has 4 heteroatoms. The molecule has 2 heterocycles. The van der Waals surface area contributed by atoms with Gasteiger partial charge in [-0.2, -0.15) is 0 Å². The second-order valence-corrected chi connectivity index (χ2v) is 4.46. The van der Waals surface area contributed by atoms with Gasteiger partial charge in [-0.1, -0.05) is 18.2 Å². The number of ether oxygens (including phenoxy) is 1. The maximum absolute atomic E-state index is 5.41. The highest BCUT2D eigenvalue weighted by molar-refractivity contribution is 5.80. The van der Waals surface area contributed by atoms with Gasteiger partial charge in [-0.25, -0.2) is 0 Å². The van der Waals surface area contributed by atoms with Gasteiger partial charge >= 0.3 is 0 Å². The lowest BCUT2D eigenvalue weighted by Gasteiger charge is -2.16. The van der Waals surface area contributed by atoms with Crippen molar-refractivity contribution in [1.29, 1.82) is 0 Å². The van der Waals surface area contributed by atoms with Crippen molar-refractivity contribution >= 4 is 5.96 Å². The maximum atomic E-state index is 5.41. The summed E-state index contributed by atoms with van der Waals surface area (Å²) in [4.78, 5) is 4.39. The van der Waals surface area contributed by atoms with Crippen LogP contribution in [0.4, 0.5) is 0 Å². The van der Waals surface area contributed by atoms with Gasteiger partial charge in [-0.3, -0.25) is 4.99 Å². The van der Waals surface area contributed by atoms with Gasteiger partial charge in [0.15, 0.2) is 5.96 Å². The van der Waals surface area contributed by atoms with E-state index < -0.39 is 0 Å². The van der Waals surface area contributed by atoms with Crippen LogP contribution in [0.1, 0.15) is 23.1 Å². The number of hydrogen-bond donors (Lipinski definition) is 2. The molecule has 4 nitrogen and oxygen atoms in total. The van der Waals surface area contributed by atoms with Crippen LogP contribution in [0.2, 0.25) is 0 Å². The smallest absolute Gasteiger partial charge is 0.191 e. The number of aliphatic imine (C=N–C) groups is 1. The van der Waals surface area contributed by atoms with Crippen molar-refractivity contribution in [3.05, 3.63) is 34.9 Å². The predicted molar refractivity (Wildman–Crippen MR) is 66.7 cm³/mol. The minimum atomic E-state index is 0.752. The van der Waals surface area contributed by atoms with Crippen LogP contribution >= 0.6 is 0 Å². The van der Waals surface area contributed by atoms with Crippen LogP contribution in [-0.4, -0.2) is 19.0 Å². The predicted octanol–water partition coefficient (Wildman–Crippen LogP) is 1.16. The Morgan fingerprint density at radius 2 is 2.24 bits per heavy atom. The van der Waals surface area contributed by atoms with E-state index in [2.05, 4.69) is 33.8 Å². The molecular formula is C13H17N3O. The topological polar surface area (TPSA) is 45.7 Å². The Morgan fingerprint density at radius 3 is 3.12 bits per heavy atom. The van der Waals surface area contributed by atoms with Crippen LogP contribution in [0, 0.1) is 0 Å². The average molecular weight is 231 g/mol. The number of benzene rings is 1. The van der Waals surface area contributed by atoms with E-state index in [1.54, 1.807) is 0 Å². The van der Waals surface area contributed by atoms with Crippen LogP contribution in [0.25, 0.3) is 0 Å². The van der Waals surface area contributed by atoms with Crippen molar-refractivity contribution in [1.82, 2.24) is 10.6 Å². The average Bonchev–Trinajstić information content (AvgIpc) is 2.85. The molecule has 0 saturated heterocycles. The fraction of sp³-hybridized carbons (Fsp3) is 0.462. The van der Waals surface area contributed by atoms with Gasteiger partial charge in [-0.05, 0) is 23.1 Å². The largest absolute Gasteiger partial charge is 0.372 e. The molecule has 90 valence electrons. The van der Waals surface area contributed by atoms with E-state index in [0.29, 0.717) is 0 Å². The number of rotatable bonds is 2. The second-order valence-electron chi connectivity index (χ2n) is 4.46. The molecule has 0 aromatic heterocycles. The Bertz CT molecular complexity index is 442. The molecule has 0 fully saturated rings. The summed E-state index contributed by atoms with van der Waals surface area (Å²) in [5, 5.41) is 6.58. The molecule has 2 aliphatic rings. The van der Waals surface area contributed by atoms with E-state index >= 15 is 0 Å². The fourth-order valence-corrected chi connectivity index (χ4v) is 2.17. The molecule has 0 saturated carbocycles. The summed E-state index contributed by atoms with van der Waals surface area (Å²) in [6, 6.07) is 6.54. The Kier molecular flexibility index (Phi) is 2.96. The number of hydrogen-bond acceptors (Lipinski definition) is 4. The van der Waals surface area contributed by atoms with Crippen molar-refractivity contribution in [2.75, 3.05) is 13.1 Å². The van der Waals surface area contributed by atoms with E-state index in [0.717, 1.165) is 45.2 Å². The lowest BCUT2D eigenvalue weighted by Crippen LogP contribution is -2.40. The van der Waals surface area contributed by atoms with E-state index in [4.69, 9.17) is 4.74 Å². The lowest BCUT2D eigenvalue weighted by molar-refractivity contribution is 0.134. The first kappa shape index (κ1) is 10.6. The summed E-state index contributed by atoms with van der Waals surface area (Å²) >= 11 is 0. The summed E-state index contributed by atoms with van der Waals surface area (Å²) in [5.41, 5.74) is 3.93. The molecule has 0 amide bonds. The molecule has 1 aromatic rings. The quantitative estimate of drug-likeness (QED) is 0.802. The summed E-state index contributed by atoms with van der Waals surface area (Å²) in [5.74, 6) is 0.924. The van der Waals surface area contributed by atoms with Crippen LogP contribution in [0.5, 0.6) is 0 Å². The third-order valence-corrected chi connectivity index (χ3v) is 3.14. The third kappa shape index (κ3) is 2.42. The molecule has 0 unspecified atom stereocenters. The van der Waals surface area contributed by atoms with Gasteiger partial charge in [0.2, 0.25) is 0 Å². The summed E-state index contributed by atoms with van der Waals surface area (Å²) in [7, 11) is 0. The SMILES string of the molecule is c1cc2c(cc1CNC1=NCCCN1)COC2. The van der Waals surface area contributed by atoms with E-state index in [1.807, 2.05) is 0 Å². The van der Waals surface area contributed by atoms with E-state index in [-0.39, 0.29) is 0 Å².